The van der Waals surface area contributed by atoms with Crippen LogP contribution in [0.5, 0.6) is 0 Å². The van der Waals surface area contributed by atoms with Gasteiger partial charge in [-0.05, 0) is 30.6 Å². The Kier molecular flexibility index (Phi) is 2.27. The van der Waals surface area contributed by atoms with Gasteiger partial charge in [-0.3, -0.25) is 4.79 Å². The number of oxime groups is 1. The average Bonchev–Trinajstić information content (AvgIpc) is 3.25. The molecule has 3 nitrogen and oxygen atoms in total. The quantitative estimate of drug-likeness (QED) is 0.616. The summed E-state index contributed by atoms with van der Waals surface area (Å²) in [6.45, 7) is 0. The van der Waals surface area contributed by atoms with Crippen molar-refractivity contribution in [1.82, 2.24) is 0 Å². The summed E-state index contributed by atoms with van der Waals surface area (Å²) in [5, 5.41) is 4.18. The van der Waals surface area contributed by atoms with Crippen LogP contribution in [0.3, 0.4) is 0 Å². The molecule has 3 aliphatic carbocycles. The second-order valence-electron chi connectivity index (χ2n) is 6.77. The molecule has 2 bridgehead atoms. The van der Waals surface area contributed by atoms with Crippen molar-refractivity contribution in [3.63, 3.8) is 0 Å². The number of ketones is 1. The Bertz CT molecular complexity index is 663. The molecule has 3 heteroatoms. The molecule has 2 fully saturated rings. The molecule has 0 amide bonds. The van der Waals surface area contributed by atoms with E-state index in [9.17, 15) is 4.79 Å². The SMILES string of the molecule is O=C(C1=NO[C@H]2[C@H]3[C@@H](C[C@H]12)[C@H]1C=C[C@H]3C1)c1ccccc1. The number of hydrogen-bond donors (Lipinski definition) is 0. The van der Waals surface area contributed by atoms with E-state index in [4.69, 9.17) is 4.84 Å². The number of nitrogens with zero attached hydrogens (tertiary/aromatic N) is 1. The molecule has 1 heterocycles. The van der Waals surface area contributed by atoms with Gasteiger partial charge in [0.25, 0.3) is 0 Å². The van der Waals surface area contributed by atoms with Crippen molar-refractivity contribution in [1.29, 1.82) is 0 Å². The number of carbonyl (C=O) groups is 1. The van der Waals surface area contributed by atoms with Crippen molar-refractivity contribution in [3.05, 3.63) is 48.0 Å². The summed E-state index contributed by atoms with van der Waals surface area (Å²) in [6.07, 6.45) is 7.22. The summed E-state index contributed by atoms with van der Waals surface area (Å²) in [6, 6.07) is 9.44. The largest absolute Gasteiger partial charge is 0.391 e. The number of hydrogen-bond acceptors (Lipinski definition) is 3. The lowest BCUT2D eigenvalue weighted by atomic mass is 9.85. The first-order valence-corrected chi connectivity index (χ1v) is 7.85. The van der Waals surface area contributed by atoms with E-state index in [0.29, 0.717) is 29.4 Å². The molecule has 0 radical (unpaired) electrons. The van der Waals surface area contributed by atoms with Crippen LogP contribution in [0, 0.1) is 29.6 Å². The first-order valence-electron chi connectivity index (χ1n) is 7.85. The van der Waals surface area contributed by atoms with Crippen LogP contribution >= 0.6 is 0 Å². The van der Waals surface area contributed by atoms with Gasteiger partial charge in [-0.25, -0.2) is 0 Å². The fourth-order valence-corrected chi connectivity index (χ4v) is 5.02. The lowest BCUT2D eigenvalue weighted by Gasteiger charge is -2.23. The van der Waals surface area contributed by atoms with Gasteiger partial charge in [-0.15, -0.1) is 0 Å². The molecule has 4 aliphatic rings. The van der Waals surface area contributed by atoms with E-state index in [1.807, 2.05) is 30.3 Å². The van der Waals surface area contributed by atoms with Crippen LogP contribution in [-0.4, -0.2) is 17.6 Å². The van der Waals surface area contributed by atoms with Crippen LogP contribution in [0.15, 0.2) is 47.6 Å². The molecule has 1 aromatic rings. The maximum Gasteiger partial charge on any atom is 0.211 e. The molecular formula is C18H17NO2. The van der Waals surface area contributed by atoms with Crippen molar-refractivity contribution in [3.8, 4) is 0 Å². The smallest absolute Gasteiger partial charge is 0.211 e. The highest BCUT2D eigenvalue weighted by Crippen LogP contribution is 2.59. The zero-order chi connectivity index (χ0) is 14.0. The van der Waals surface area contributed by atoms with E-state index in [1.165, 1.54) is 6.42 Å². The maximum atomic E-state index is 12.7. The maximum absolute atomic E-state index is 12.7. The van der Waals surface area contributed by atoms with Crippen LogP contribution in [0.1, 0.15) is 23.2 Å². The molecule has 21 heavy (non-hydrogen) atoms. The average molecular weight is 279 g/mol. The molecule has 5 rings (SSSR count). The Hall–Kier alpha value is -1.90. The molecule has 6 atom stereocenters. The van der Waals surface area contributed by atoms with Crippen LogP contribution < -0.4 is 0 Å². The van der Waals surface area contributed by atoms with Crippen molar-refractivity contribution >= 4 is 11.5 Å². The zero-order valence-electron chi connectivity index (χ0n) is 11.7. The minimum Gasteiger partial charge on any atom is -0.391 e. The highest BCUT2D eigenvalue weighted by molar-refractivity contribution is 6.47. The lowest BCUT2D eigenvalue weighted by molar-refractivity contribution is 0.0268. The first-order chi connectivity index (χ1) is 10.3. The minimum atomic E-state index is 0.0448. The van der Waals surface area contributed by atoms with Gasteiger partial charge in [0.15, 0.2) is 0 Å². The van der Waals surface area contributed by atoms with Gasteiger partial charge in [0.1, 0.15) is 11.8 Å². The minimum absolute atomic E-state index is 0.0448. The summed E-state index contributed by atoms with van der Waals surface area (Å²) in [5.41, 5.74) is 1.37. The van der Waals surface area contributed by atoms with Crippen LogP contribution in [0.25, 0.3) is 0 Å². The predicted octanol–water partition coefficient (Wildman–Crippen LogP) is 3.08. The topological polar surface area (TPSA) is 38.7 Å². The Morgan fingerprint density at radius 2 is 1.90 bits per heavy atom. The summed E-state index contributed by atoms with van der Waals surface area (Å²) in [5.74, 6) is 2.89. The van der Waals surface area contributed by atoms with E-state index < -0.39 is 0 Å². The fourth-order valence-electron chi connectivity index (χ4n) is 5.02. The highest BCUT2D eigenvalue weighted by atomic mass is 16.6. The number of Topliss-reactive ketones (excluding diaryl/α,β-unsaturated/α-hetero) is 1. The van der Waals surface area contributed by atoms with E-state index in [0.717, 1.165) is 12.0 Å². The van der Waals surface area contributed by atoms with E-state index in [1.54, 1.807) is 0 Å². The van der Waals surface area contributed by atoms with Gasteiger partial charge in [0.05, 0.1) is 0 Å². The van der Waals surface area contributed by atoms with Gasteiger partial charge in [0.2, 0.25) is 5.78 Å². The number of benzene rings is 1. The van der Waals surface area contributed by atoms with E-state index in [2.05, 4.69) is 17.3 Å². The van der Waals surface area contributed by atoms with Crippen molar-refractivity contribution < 1.29 is 9.63 Å². The normalized spacial score (nSPS) is 41.6. The fraction of sp³-hybridized carbons (Fsp3) is 0.444. The molecule has 0 unspecified atom stereocenters. The standard InChI is InChI=1S/C18H17NO2/c20-17(10-4-2-1-3-5-10)16-14-9-13-11-6-7-12(8-11)15(13)18(14)21-19-16/h1-7,11-15,18H,8-9H2/t11-,12-,13-,14+,15+,18+/m0/s1. The molecule has 0 N–H and O–H groups in total. The number of rotatable bonds is 2. The van der Waals surface area contributed by atoms with Crippen molar-refractivity contribution in [2.24, 2.45) is 34.7 Å². The number of fused-ring (bicyclic) bond motifs is 7. The zero-order valence-corrected chi connectivity index (χ0v) is 11.7. The molecule has 0 saturated heterocycles. The molecule has 0 spiro atoms. The Morgan fingerprint density at radius 3 is 2.76 bits per heavy atom. The summed E-state index contributed by atoms with van der Waals surface area (Å²) >= 11 is 0. The molecule has 106 valence electrons. The highest BCUT2D eigenvalue weighted by Gasteiger charge is 2.60. The molecule has 1 aliphatic heterocycles. The third kappa shape index (κ3) is 1.49. The monoisotopic (exact) mass is 279 g/mol. The van der Waals surface area contributed by atoms with Gasteiger partial charge in [-0.1, -0.05) is 47.6 Å². The predicted molar refractivity (Wildman–Crippen MR) is 78.9 cm³/mol. The van der Waals surface area contributed by atoms with Crippen molar-refractivity contribution in [2.75, 3.05) is 0 Å². The molecule has 0 aromatic heterocycles. The third-order valence-corrected chi connectivity index (χ3v) is 5.88. The second-order valence-corrected chi connectivity index (χ2v) is 6.77. The van der Waals surface area contributed by atoms with Crippen LogP contribution in [0.2, 0.25) is 0 Å². The number of carbonyl (C=O) groups excluding carboxylic acids is 1. The third-order valence-electron chi connectivity index (χ3n) is 5.88. The molecule has 2 saturated carbocycles. The second kappa shape index (κ2) is 4.06. The molecular weight excluding hydrogens is 262 g/mol. The van der Waals surface area contributed by atoms with E-state index >= 15 is 0 Å². The van der Waals surface area contributed by atoms with Crippen molar-refractivity contribution in [2.45, 2.75) is 18.9 Å². The van der Waals surface area contributed by atoms with Gasteiger partial charge >= 0.3 is 0 Å². The lowest BCUT2D eigenvalue weighted by Crippen LogP contribution is -2.29. The Balaban J connectivity index is 1.44. The summed E-state index contributed by atoms with van der Waals surface area (Å²) in [4.78, 5) is 18.4. The van der Waals surface area contributed by atoms with E-state index in [-0.39, 0.29) is 17.8 Å². The molecule has 1 aromatic carbocycles. The van der Waals surface area contributed by atoms with Gasteiger partial charge in [-0.2, -0.15) is 0 Å². The Labute approximate surface area is 123 Å². The van der Waals surface area contributed by atoms with Crippen LogP contribution in [0.4, 0.5) is 0 Å². The van der Waals surface area contributed by atoms with Gasteiger partial charge in [0, 0.05) is 17.4 Å². The first kappa shape index (κ1) is 11.7. The number of allylic oxidation sites excluding steroid dienone is 2. The van der Waals surface area contributed by atoms with Gasteiger partial charge < -0.3 is 4.84 Å². The summed E-state index contributed by atoms with van der Waals surface area (Å²) in [7, 11) is 0. The Morgan fingerprint density at radius 1 is 1.10 bits per heavy atom. The summed E-state index contributed by atoms with van der Waals surface area (Å²) < 4.78 is 0. The van der Waals surface area contributed by atoms with Crippen LogP contribution in [-0.2, 0) is 4.84 Å².